The van der Waals surface area contributed by atoms with Crippen molar-refractivity contribution in [2.75, 3.05) is 24.0 Å². The number of hydrogen-bond donors (Lipinski definition) is 2. The molecule has 0 aliphatic carbocycles. The van der Waals surface area contributed by atoms with Crippen molar-refractivity contribution >= 4 is 58.0 Å². The van der Waals surface area contributed by atoms with Crippen LogP contribution in [0.5, 0.6) is 0 Å². The summed E-state index contributed by atoms with van der Waals surface area (Å²) in [7, 11) is 0. The molecule has 0 bridgehead atoms. The van der Waals surface area contributed by atoms with E-state index in [9.17, 15) is 18.0 Å². The van der Waals surface area contributed by atoms with E-state index in [-0.39, 0.29) is 39.5 Å². The molecule has 12 heteroatoms. The molecule has 1 rings (SSSR count). The van der Waals surface area contributed by atoms with Crippen LogP contribution < -0.4 is 5.43 Å². The van der Waals surface area contributed by atoms with Crippen molar-refractivity contribution < 1.29 is 27.9 Å². The fourth-order valence-corrected chi connectivity index (χ4v) is 2.70. The molecule has 2 N–H and O–H groups in total. The fraction of sp³-hybridized carbons (Fsp3) is 0.357. The Bertz CT molecular complexity index is 704. The predicted molar refractivity (Wildman–Crippen MR) is 96.8 cm³/mol. The van der Waals surface area contributed by atoms with Gasteiger partial charge in [-0.15, -0.1) is 0 Å². The zero-order valence-corrected chi connectivity index (χ0v) is 15.9. The topological polar surface area (TPSA) is 83.3 Å². The van der Waals surface area contributed by atoms with E-state index >= 15 is 0 Å². The highest BCUT2D eigenvalue weighted by molar-refractivity contribution is 7.99. The van der Waals surface area contributed by atoms with E-state index in [1.807, 2.05) is 0 Å². The summed E-state index contributed by atoms with van der Waals surface area (Å²) in [5.74, 6) is -0.759. The molecule has 0 unspecified atom stereocenters. The van der Waals surface area contributed by atoms with Gasteiger partial charge in [-0.25, -0.2) is 4.79 Å². The molecule has 0 spiro atoms. The fourth-order valence-electron chi connectivity index (χ4n) is 1.66. The highest BCUT2D eigenvalue weighted by Gasteiger charge is 2.32. The lowest BCUT2D eigenvalue weighted by molar-refractivity contribution is -0.137. The smallest absolute Gasteiger partial charge is 0.416 e. The Kier molecular flexibility index (Phi) is 8.51. The van der Waals surface area contributed by atoms with E-state index in [4.69, 9.17) is 33.1 Å². The summed E-state index contributed by atoms with van der Waals surface area (Å²) in [5, 5.41) is 15.1. The lowest BCUT2D eigenvalue weighted by atomic mass is 10.2. The molecule has 0 aromatic heterocycles. The third-order valence-electron chi connectivity index (χ3n) is 2.79. The van der Waals surface area contributed by atoms with Crippen LogP contribution in [0, 0.1) is 0 Å². The number of nitrogens with one attached hydrogen (secondary N) is 1. The maximum atomic E-state index is 12.7. The van der Waals surface area contributed by atoms with Gasteiger partial charge in [0.2, 0.25) is 0 Å². The standard InChI is InChI=1S/C14H14Cl2F3N3O3S/c1-3-25-13(23)12(10(22-24)6-26-2)21-20-11-8(15)4-7(5-9(11)16)14(17,18)19/h4-5,20,24H,3,6H2,1-2H3. The first-order valence-corrected chi connectivity index (χ1v) is 9.07. The SMILES string of the molecule is CCOC(=O)C(=NNc1c(Cl)cc(C(F)(F)F)cc1Cl)C(CSC)=NO. The molecule has 0 aliphatic heterocycles. The van der Waals surface area contributed by atoms with Crippen molar-refractivity contribution in [3.63, 3.8) is 0 Å². The summed E-state index contributed by atoms with van der Waals surface area (Å²) in [4.78, 5) is 12.0. The molecule has 0 fully saturated rings. The van der Waals surface area contributed by atoms with Crippen LogP contribution in [0.3, 0.4) is 0 Å². The average Bonchev–Trinajstić information content (AvgIpc) is 2.55. The number of hydrogen-bond acceptors (Lipinski definition) is 7. The maximum Gasteiger partial charge on any atom is 0.416 e. The first-order valence-electron chi connectivity index (χ1n) is 6.92. The minimum absolute atomic E-state index is 0.0393. The van der Waals surface area contributed by atoms with Crippen LogP contribution in [-0.4, -0.2) is 41.2 Å². The van der Waals surface area contributed by atoms with Crippen LogP contribution >= 0.6 is 35.0 Å². The Labute approximate surface area is 161 Å². The molecule has 6 nitrogen and oxygen atoms in total. The van der Waals surface area contributed by atoms with Gasteiger partial charge in [0.25, 0.3) is 0 Å². The lowest BCUT2D eigenvalue weighted by Gasteiger charge is -2.13. The van der Waals surface area contributed by atoms with E-state index in [2.05, 4.69) is 15.7 Å². The van der Waals surface area contributed by atoms with Gasteiger partial charge in [-0.3, -0.25) is 5.43 Å². The number of hydrazone groups is 1. The molecule has 1 aromatic rings. The van der Waals surface area contributed by atoms with Crippen molar-refractivity contribution in [1.29, 1.82) is 0 Å². The van der Waals surface area contributed by atoms with Crippen molar-refractivity contribution in [2.45, 2.75) is 13.1 Å². The van der Waals surface area contributed by atoms with E-state index in [0.717, 1.165) is 0 Å². The average molecular weight is 432 g/mol. The molecule has 0 atom stereocenters. The van der Waals surface area contributed by atoms with Crippen molar-refractivity contribution in [1.82, 2.24) is 0 Å². The summed E-state index contributed by atoms with van der Waals surface area (Å²) >= 11 is 12.9. The predicted octanol–water partition coefficient (Wildman–Crippen LogP) is 4.54. The number of benzene rings is 1. The Hall–Kier alpha value is -1.65. The zero-order valence-electron chi connectivity index (χ0n) is 13.5. The molecule has 26 heavy (non-hydrogen) atoms. The molecule has 0 heterocycles. The van der Waals surface area contributed by atoms with E-state index < -0.39 is 17.7 Å². The van der Waals surface area contributed by atoms with Gasteiger partial charge in [-0.2, -0.15) is 30.0 Å². The molecule has 0 saturated carbocycles. The lowest BCUT2D eigenvalue weighted by Crippen LogP contribution is -2.29. The Morgan fingerprint density at radius 2 is 1.92 bits per heavy atom. The van der Waals surface area contributed by atoms with Crippen molar-refractivity contribution in [2.24, 2.45) is 10.3 Å². The second-order valence-corrected chi connectivity index (χ2v) is 6.27. The molecular formula is C14H14Cl2F3N3O3S. The number of ether oxygens (including phenoxy) is 1. The summed E-state index contributed by atoms with van der Waals surface area (Å²) in [6.45, 7) is 1.61. The number of rotatable bonds is 7. The van der Waals surface area contributed by atoms with Gasteiger partial charge in [0.1, 0.15) is 5.71 Å². The number of halogens is 5. The number of esters is 1. The molecular weight excluding hydrogens is 418 g/mol. The minimum atomic E-state index is -4.62. The van der Waals surface area contributed by atoms with Crippen LogP contribution in [0.4, 0.5) is 18.9 Å². The minimum Gasteiger partial charge on any atom is -0.461 e. The third kappa shape index (κ3) is 5.96. The first-order chi connectivity index (χ1) is 12.1. The summed E-state index contributed by atoms with van der Waals surface area (Å²) in [6, 6.07) is 1.33. The number of carbonyl (C=O) groups is 1. The van der Waals surface area contributed by atoms with Crippen LogP contribution in [-0.2, 0) is 15.7 Å². The molecule has 144 valence electrons. The number of carbonyl (C=O) groups excluding carboxylic acids is 1. The van der Waals surface area contributed by atoms with Crippen LogP contribution in [0.25, 0.3) is 0 Å². The number of nitrogens with zero attached hydrogens (tertiary/aromatic N) is 2. The highest BCUT2D eigenvalue weighted by atomic mass is 35.5. The Balaban J connectivity index is 3.26. The summed E-state index contributed by atoms with van der Waals surface area (Å²) < 4.78 is 43.1. The molecule has 0 amide bonds. The van der Waals surface area contributed by atoms with Gasteiger partial charge < -0.3 is 9.94 Å². The normalized spacial score (nSPS) is 12.9. The van der Waals surface area contributed by atoms with E-state index in [0.29, 0.717) is 12.1 Å². The third-order valence-corrected chi connectivity index (χ3v) is 3.95. The van der Waals surface area contributed by atoms with Crippen molar-refractivity contribution in [3.05, 3.63) is 27.7 Å². The number of oxime groups is 1. The van der Waals surface area contributed by atoms with Gasteiger partial charge in [0.15, 0.2) is 5.71 Å². The Morgan fingerprint density at radius 3 is 2.35 bits per heavy atom. The first kappa shape index (κ1) is 22.4. The van der Waals surface area contributed by atoms with Crippen LogP contribution in [0.1, 0.15) is 12.5 Å². The largest absolute Gasteiger partial charge is 0.461 e. The number of thioether (sulfide) groups is 1. The van der Waals surface area contributed by atoms with Gasteiger partial charge in [0, 0.05) is 5.75 Å². The monoisotopic (exact) mass is 431 g/mol. The van der Waals surface area contributed by atoms with E-state index in [1.54, 1.807) is 13.2 Å². The second kappa shape index (κ2) is 9.89. The van der Waals surface area contributed by atoms with Crippen LogP contribution in [0.15, 0.2) is 22.4 Å². The number of anilines is 1. The number of alkyl halides is 3. The second-order valence-electron chi connectivity index (χ2n) is 4.59. The van der Waals surface area contributed by atoms with Gasteiger partial charge in [-0.1, -0.05) is 28.4 Å². The summed E-state index contributed by atoms with van der Waals surface area (Å²) in [6.07, 6.45) is -2.93. The quantitative estimate of drug-likeness (QED) is 0.286. The molecule has 0 saturated heterocycles. The molecule has 1 aromatic carbocycles. The highest BCUT2D eigenvalue weighted by Crippen LogP contribution is 2.38. The Morgan fingerprint density at radius 1 is 1.35 bits per heavy atom. The van der Waals surface area contributed by atoms with Crippen LogP contribution in [0.2, 0.25) is 10.0 Å². The van der Waals surface area contributed by atoms with Gasteiger partial charge in [-0.05, 0) is 25.3 Å². The van der Waals surface area contributed by atoms with Crippen molar-refractivity contribution in [3.8, 4) is 0 Å². The summed E-state index contributed by atoms with van der Waals surface area (Å²) in [5.41, 5.74) is 0.684. The zero-order chi connectivity index (χ0) is 19.9. The molecule has 0 radical (unpaired) electrons. The maximum absolute atomic E-state index is 12.7. The van der Waals surface area contributed by atoms with Gasteiger partial charge >= 0.3 is 12.1 Å². The van der Waals surface area contributed by atoms with Gasteiger partial charge in [0.05, 0.1) is 27.9 Å². The van der Waals surface area contributed by atoms with E-state index in [1.165, 1.54) is 11.8 Å². The molecule has 0 aliphatic rings.